The zero-order valence-corrected chi connectivity index (χ0v) is 12.3. The van der Waals surface area contributed by atoms with Gasteiger partial charge in [-0.2, -0.15) is 4.52 Å². The van der Waals surface area contributed by atoms with Crippen LogP contribution in [0.2, 0.25) is 0 Å². The summed E-state index contributed by atoms with van der Waals surface area (Å²) >= 11 is 0. The third kappa shape index (κ3) is 2.86. The molecule has 118 valence electrons. The normalized spacial score (nSPS) is 14.3. The summed E-state index contributed by atoms with van der Waals surface area (Å²) in [6.45, 7) is 0.502. The number of nitrogens with zero attached hydrogens (tertiary/aromatic N) is 4. The van der Waals surface area contributed by atoms with Crippen molar-refractivity contribution < 1.29 is 8.78 Å². The van der Waals surface area contributed by atoms with Gasteiger partial charge < -0.3 is 5.32 Å². The number of rotatable bonds is 5. The van der Waals surface area contributed by atoms with Crippen molar-refractivity contribution in [3.8, 4) is 0 Å². The molecule has 0 atom stereocenters. The number of anilines is 1. The summed E-state index contributed by atoms with van der Waals surface area (Å²) < 4.78 is 28.2. The summed E-state index contributed by atoms with van der Waals surface area (Å²) in [6.07, 6.45) is 2.71. The quantitative estimate of drug-likeness (QED) is 0.786. The van der Waals surface area contributed by atoms with Crippen LogP contribution in [-0.4, -0.2) is 26.4 Å². The summed E-state index contributed by atoms with van der Waals surface area (Å²) in [4.78, 5) is 0. The number of hydrogen-bond acceptors (Lipinski definition) is 4. The lowest BCUT2D eigenvalue weighted by molar-refractivity contribution is 0.572. The molecule has 0 amide bonds. The summed E-state index contributed by atoms with van der Waals surface area (Å²) in [6, 6.07) is 7.31. The van der Waals surface area contributed by atoms with E-state index in [1.807, 2.05) is 12.1 Å². The highest BCUT2D eigenvalue weighted by molar-refractivity contribution is 5.44. The summed E-state index contributed by atoms with van der Waals surface area (Å²) in [5, 5.41) is 15.9. The van der Waals surface area contributed by atoms with Crippen LogP contribution in [0.3, 0.4) is 0 Å². The predicted octanol–water partition coefficient (Wildman–Crippen LogP) is 2.93. The molecule has 7 heteroatoms. The van der Waals surface area contributed by atoms with E-state index in [1.165, 1.54) is 12.1 Å². The average Bonchev–Trinajstić information content (AvgIpc) is 3.29. The van der Waals surface area contributed by atoms with Crippen molar-refractivity contribution in [1.82, 2.24) is 19.8 Å². The first-order valence-corrected chi connectivity index (χ1v) is 7.61. The third-order valence-corrected chi connectivity index (χ3v) is 3.95. The van der Waals surface area contributed by atoms with Gasteiger partial charge in [0.1, 0.15) is 17.5 Å². The molecule has 2 aromatic heterocycles. The standard InChI is InChI=1S/C16H15F2N5/c17-12-4-3-10(13(18)9-12)7-8-19-14-5-6-15-20-21-16(11-1-2-11)23(15)22-14/h3-6,9,11H,1-2,7-8H2,(H,19,22). The van der Waals surface area contributed by atoms with E-state index >= 15 is 0 Å². The van der Waals surface area contributed by atoms with Crippen LogP contribution >= 0.6 is 0 Å². The fourth-order valence-electron chi connectivity index (χ4n) is 2.55. The van der Waals surface area contributed by atoms with E-state index in [2.05, 4.69) is 20.6 Å². The molecule has 1 aromatic carbocycles. The second-order valence-electron chi connectivity index (χ2n) is 5.73. The van der Waals surface area contributed by atoms with Gasteiger partial charge in [0, 0.05) is 18.5 Å². The summed E-state index contributed by atoms with van der Waals surface area (Å²) in [7, 11) is 0. The summed E-state index contributed by atoms with van der Waals surface area (Å²) in [5.41, 5.74) is 1.20. The van der Waals surface area contributed by atoms with Crippen molar-refractivity contribution in [1.29, 1.82) is 0 Å². The summed E-state index contributed by atoms with van der Waals surface area (Å²) in [5.74, 6) is 0.951. The van der Waals surface area contributed by atoms with Gasteiger partial charge in [0.25, 0.3) is 0 Å². The van der Waals surface area contributed by atoms with E-state index in [0.717, 1.165) is 30.4 Å². The van der Waals surface area contributed by atoms with Crippen LogP contribution in [0, 0.1) is 11.6 Å². The van der Waals surface area contributed by atoms with Crippen molar-refractivity contribution >= 4 is 11.5 Å². The Kier molecular flexibility index (Phi) is 3.40. The van der Waals surface area contributed by atoms with E-state index in [4.69, 9.17) is 0 Å². The Morgan fingerprint density at radius 2 is 2.00 bits per heavy atom. The minimum absolute atomic E-state index is 0.448. The lowest BCUT2D eigenvalue weighted by atomic mass is 10.1. The molecule has 5 nitrogen and oxygen atoms in total. The maximum absolute atomic E-state index is 13.6. The highest BCUT2D eigenvalue weighted by Crippen LogP contribution is 2.38. The topological polar surface area (TPSA) is 55.1 Å². The maximum Gasteiger partial charge on any atom is 0.178 e. The molecular weight excluding hydrogens is 300 g/mol. The Morgan fingerprint density at radius 3 is 2.78 bits per heavy atom. The molecule has 3 aromatic rings. The predicted molar refractivity (Wildman–Crippen MR) is 81.3 cm³/mol. The molecule has 0 aliphatic heterocycles. The number of halogens is 2. The molecule has 1 aliphatic carbocycles. The Morgan fingerprint density at radius 1 is 1.13 bits per heavy atom. The lowest BCUT2D eigenvalue weighted by Crippen LogP contribution is -2.09. The molecule has 2 heterocycles. The van der Waals surface area contributed by atoms with E-state index in [9.17, 15) is 8.78 Å². The smallest absolute Gasteiger partial charge is 0.178 e. The van der Waals surface area contributed by atoms with Gasteiger partial charge in [-0.3, -0.25) is 0 Å². The Hall–Kier alpha value is -2.57. The number of benzene rings is 1. The molecule has 1 aliphatic rings. The monoisotopic (exact) mass is 315 g/mol. The van der Waals surface area contributed by atoms with E-state index in [1.54, 1.807) is 4.52 Å². The van der Waals surface area contributed by atoms with Crippen molar-refractivity contribution in [2.45, 2.75) is 25.2 Å². The Balaban J connectivity index is 1.46. The van der Waals surface area contributed by atoms with E-state index in [-0.39, 0.29) is 0 Å². The third-order valence-electron chi connectivity index (χ3n) is 3.95. The van der Waals surface area contributed by atoms with Gasteiger partial charge in [-0.05, 0) is 43.0 Å². The second-order valence-corrected chi connectivity index (χ2v) is 5.73. The molecular formula is C16H15F2N5. The minimum Gasteiger partial charge on any atom is -0.368 e. The van der Waals surface area contributed by atoms with Crippen LogP contribution in [-0.2, 0) is 6.42 Å². The first kappa shape index (κ1) is 14.0. The Labute approximate surface area is 131 Å². The van der Waals surface area contributed by atoms with Crippen LogP contribution in [0.15, 0.2) is 30.3 Å². The zero-order valence-electron chi connectivity index (χ0n) is 12.3. The molecule has 4 rings (SSSR count). The number of hydrogen-bond donors (Lipinski definition) is 1. The van der Waals surface area contributed by atoms with Gasteiger partial charge in [0.05, 0.1) is 0 Å². The number of aromatic nitrogens is 4. The second kappa shape index (κ2) is 5.57. The fourth-order valence-corrected chi connectivity index (χ4v) is 2.55. The van der Waals surface area contributed by atoms with Crippen LogP contribution in [0.4, 0.5) is 14.6 Å². The van der Waals surface area contributed by atoms with Crippen LogP contribution < -0.4 is 5.32 Å². The largest absolute Gasteiger partial charge is 0.368 e. The lowest BCUT2D eigenvalue weighted by Gasteiger charge is -2.07. The average molecular weight is 315 g/mol. The molecule has 0 saturated heterocycles. The molecule has 0 spiro atoms. The van der Waals surface area contributed by atoms with Gasteiger partial charge in [-0.1, -0.05) is 6.07 Å². The van der Waals surface area contributed by atoms with Gasteiger partial charge in [0.15, 0.2) is 11.5 Å². The number of fused-ring (bicyclic) bond motifs is 1. The molecule has 23 heavy (non-hydrogen) atoms. The first-order valence-electron chi connectivity index (χ1n) is 7.61. The Bertz CT molecular complexity index is 857. The maximum atomic E-state index is 13.6. The zero-order chi connectivity index (χ0) is 15.8. The fraction of sp³-hybridized carbons (Fsp3) is 0.312. The van der Waals surface area contributed by atoms with Gasteiger partial charge >= 0.3 is 0 Å². The first-order chi connectivity index (χ1) is 11.2. The van der Waals surface area contributed by atoms with Crippen LogP contribution in [0.1, 0.15) is 30.1 Å². The molecule has 1 N–H and O–H groups in total. The van der Waals surface area contributed by atoms with Crippen molar-refractivity contribution in [3.05, 3.63) is 53.4 Å². The minimum atomic E-state index is -0.563. The molecule has 1 saturated carbocycles. The van der Waals surface area contributed by atoms with E-state index in [0.29, 0.717) is 30.3 Å². The highest BCUT2D eigenvalue weighted by Gasteiger charge is 2.29. The van der Waals surface area contributed by atoms with E-state index < -0.39 is 11.6 Å². The molecule has 1 fully saturated rings. The molecule has 0 unspecified atom stereocenters. The van der Waals surface area contributed by atoms with Crippen molar-refractivity contribution in [2.75, 3.05) is 11.9 Å². The number of nitrogens with one attached hydrogen (secondary N) is 1. The van der Waals surface area contributed by atoms with Gasteiger partial charge in [-0.15, -0.1) is 15.3 Å². The SMILES string of the molecule is Fc1ccc(CCNc2ccc3nnc(C4CC4)n3n2)c(F)c1. The van der Waals surface area contributed by atoms with Crippen molar-refractivity contribution in [3.63, 3.8) is 0 Å². The molecule has 0 radical (unpaired) electrons. The van der Waals surface area contributed by atoms with Crippen molar-refractivity contribution in [2.24, 2.45) is 0 Å². The molecule has 0 bridgehead atoms. The van der Waals surface area contributed by atoms with Gasteiger partial charge in [-0.25, -0.2) is 8.78 Å². The van der Waals surface area contributed by atoms with Crippen LogP contribution in [0.5, 0.6) is 0 Å². The highest BCUT2D eigenvalue weighted by atomic mass is 19.1. The van der Waals surface area contributed by atoms with Gasteiger partial charge in [0.2, 0.25) is 0 Å². The van der Waals surface area contributed by atoms with Crippen LogP contribution in [0.25, 0.3) is 5.65 Å².